The summed E-state index contributed by atoms with van der Waals surface area (Å²) in [5.74, 6) is 0. The highest BCUT2D eigenvalue weighted by Gasteiger charge is 2.29. The minimum Gasteiger partial charge on any atom is -0.454 e. The fourth-order valence-corrected chi connectivity index (χ4v) is 0.488. The van der Waals surface area contributed by atoms with Gasteiger partial charge in [0.25, 0.3) is 0 Å². The van der Waals surface area contributed by atoms with Crippen molar-refractivity contribution in [1.82, 2.24) is 0 Å². The number of nitrogens with zero attached hydrogens (tertiary/aromatic N) is 2. The first-order chi connectivity index (χ1) is 6.39. The lowest BCUT2D eigenvalue weighted by Gasteiger charge is -2.07. The lowest BCUT2D eigenvalue weighted by molar-refractivity contribution is -0.156. The Labute approximate surface area is 83.9 Å². The molecule has 0 aromatic rings. The van der Waals surface area contributed by atoms with Crippen LogP contribution in [0.2, 0.25) is 0 Å². The van der Waals surface area contributed by atoms with Gasteiger partial charge in [0.1, 0.15) is 5.16 Å². The minimum atomic E-state index is -4.44. The van der Waals surface area contributed by atoms with Crippen LogP contribution in [0, 0.1) is 0 Å². The van der Waals surface area contributed by atoms with E-state index in [1.807, 2.05) is 0 Å². The summed E-state index contributed by atoms with van der Waals surface area (Å²) in [6.07, 6.45) is -3.06. The van der Waals surface area contributed by atoms with E-state index in [-0.39, 0.29) is 5.16 Å². The van der Waals surface area contributed by atoms with Crippen molar-refractivity contribution in [3.8, 4) is 0 Å². The van der Waals surface area contributed by atoms with E-state index in [1.54, 1.807) is 6.92 Å². The van der Waals surface area contributed by atoms with E-state index < -0.39 is 18.8 Å². The van der Waals surface area contributed by atoms with Crippen molar-refractivity contribution in [2.45, 2.75) is 13.1 Å². The number of allylic oxidation sites excluding steroid dienone is 1. The summed E-state index contributed by atoms with van der Waals surface area (Å²) in [5.41, 5.74) is 0. The molecule has 0 saturated heterocycles. The maximum atomic E-state index is 11.7. The summed E-state index contributed by atoms with van der Waals surface area (Å²) < 4.78 is 39.2. The molecule has 0 heterocycles. The Hall–Kier alpha value is -1.04. The van der Waals surface area contributed by atoms with Crippen molar-refractivity contribution in [3.63, 3.8) is 0 Å². The molecule has 7 heteroatoms. The Bertz CT molecular complexity index is 260. The topological polar surface area (TPSA) is 34.0 Å². The Morgan fingerprint density at radius 3 is 2.50 bits per heavy atom. The number of halogens is 4. The van der Waals surface area contributed by atoms with Crippen LogP contribution in [0.15, 0.2) is 21.2 Å². The zero-order chi connectivity index (χ0) is 11.2. The van der Waals surface area contributed by atoms with Gasteiger partial charge in [-0.2, -0.15) is 18.2 Å². The average molecular weight is 229 g/mol. The zero-order valence-electron chi connectivity index (χ0n) is 7.31. The van der Waals surface area contributed by atoms with Crippen molar-refractivity contribution >= 4 is 24.3 Å². The molecule has 0 rings (SSSR count). The van der Waals surface area contributed by atoms with Crippen LogP contribution in [0.3, 0.4) is 0 Å². The molecule has 0 aliphatic carbocycles. The van der Waals surface area contributed by atoms with Crippen LogP contribution in [-0.2, 0) is 4.74 Å². The van der Waals surface area contributed by atoms with E-state index >= 15 is 0 Å². The Morgan fingerprint density at radius 1 is 1.57 bits per heavy atom. The largest absolute Gasteiger partial charge is 0.454 e. The van der Waals surface area contributed by atoms with E-state index in [0.29, 0.717) is 0 Å². The van der Waals surface area contributed by atoms with Gasteiger partial charge in [0, 0.05) is 0 Å². The second-order valence-corrected chi connectivity index (χ2v) is 2.45. The number of ether oxygens (including phenoxy) is 1. The van der Waals surface area contributed by atoms with Gasteiger partial charge in [0.05, 0.1) is 0 Å². The number of hydrogen-bond acceptors (Lipinski definition) is 2. The molecule has 0 aliphatic heterocycles. The highest BCUT2D eigenvalue weighted by atomic mass is 35.5. The maximum absolute atomic E-state index is 11.7. The van der Waals surface area contributed by atoms with Gasteiger partial charge in [-0.1, -0.05) is 11.6 Å². The molecule has 0 aromatic heterocycles. The molecule has 0 radical (unpaired) electrons. The van der Waals surface area contributed by atoms with Crippen molar-refractivity contribution in [2.24, 2.45) is 9.98 Å². The van der Waals surface area contributed by atoms with E-state index in [4.69, 9.17) is 11.6 Å². The smallest absolute Gasteiger partial charge is 0.422 e. The van der Waals surface area contributed by atoms with E-state index in [9.17, 15) is 13.2 Å². The van der Waals surface area contributed by atoms with Gasteiger partial charge in [0.15, 0.2) is 6.61 Å². The highest BCUT2D eigenvalue weighted by Crippen LogP contribution is 2.15. The van der Waals surface area contributed by atoms with Crippen molar-refractivity contribution in [2.75, 3.05) is 6.61 Å². The number of hydrogen-bond donors (Lipinski definition) is 0. The third kappa shape index (κ3) is 6.47. The number of aliphatic imine (C=N–C) groups is 2. The van der Waals surface area contributed by atoms with Gasteiger partial charge in [-0.15, -0.1) is 0 Å². The zero-order valence-corrected chi connectivity index (χ0v) is 8.06. The van der Waals surface area contributed by atoms with Crippen molar-refractivity contribution < 1.29 is 17.9 Å². The second kappa shape index (κ2) is 5.64. The lowest BCUT2D eigenvalue weighted by atomic mass is 10.7. The van der Waals surface area contributed by atoms with Crippen LogP contribution in [0.1, 0.15) is 6.92 Å². The summed E-state index contributed by atoms with van der Waals surface area (Å²) in [5, 5.41) is -0.0189. The van der Waals surface area contributed by atoms with Gasteiger partial charge in [-0.3, -0.25) is 0 Å². The minimum absolute atomic E-state index is 0.0189. The van der Waals surface area contributed by atoms with E-state index in [0.717, 1.165) is 0 Å². The molecule has 0 N–H and O–H groups in total. The first kappa shape index (κ1) is 13.0. The van der Waals surface area contributed by atoms with Crippen molar-refractivity contribution in [1.29, 1.82) is 0 Å². The first-order valence-corrected chi connectivity index (χ1v) is 3.83. The van der Waals surface area contributed by atoms with Crippen LogP contribution in [-0.4, -0.2) is 25.5 Å². The van der Waals surface area contributed by atoms with Crippen LogP contribution < -0.4 is 0 Å². The molecule has 0 unspecified atom stereocenters. The molecule has 0 saturated carbocycles. The summed E-state index contributed by atoms with van der Waals surface area (Å²) in [6.45, 7) is 3.08. The predicted molar refractivity (Wildman–Crippen MR) is 48.6 cm³/mol. The first-order valence-electron chi connectivity index (χ1n) is 3.46. The molecular weight excluding hydrogens is 221 g/mol. The highest BCUT2D eigenvalue weighted by molar-refractivity contribution is 6.29. The number of amidine groups is 1. The Kier molecular flexibility index (Phi) is 5.22. The Balaban J connectivity index is 4.31. The summed E-state index contributed by atoms with van der Waals surface area (Å²) in [6, 6.07) is -0.509. The fourth-order valence-electron chi connectivity index (χ4n) is 0.416. The molecule has 0 fully saturated rings. The molecule has 0 aromatic carbocycles. The second-order valence-electron chi connectivity index (χ2n) is 2.07. The van der Waals surface area contributed by atoms with Gasteiger partial charge in [0.2, 0.25) is 0 Å². The van der Waals surface area contributed by atoms with E-state index in [1.165, 1.54) is 6.08 Å². The molecule has 0 aliphatic rings. The maximum Gasteiger partial charge on any atom is 0.422 e. The molecule has 0 spiro atoms. The Morgan fingerprint density at radius 2 is 2.14 bits per heavy atom. The van der Waals surface area contributed by atoms with Gasteiger partial charge < -0.3 is 4.74 Å². The standard InChI is InChI=1S/C7H8ClF3N2O/c1-3-5(8)13-6(12-2)14-4-7(9,10)11/h3H,2,4H2,1H3. The van der Waals surface area contributed by atoms with Gasteiger partial charge in [-0.05, 0) is 19.7 Å². The van der Waals surface area contributed by atoms with Crippen LogP contribution >= 0.6 is 11.6 Å². The molecule has 3 nitrogen and oxygen atoms in total. The van der Waals surface area contributed by atoms with E-state index in [2.05, 4.69) is 21.4 Å². The van der Waals surface area contributed by atoms with Crippen LogP contribution in [0.4, 0.5) is 13.2 Å². The molecule has 0 atom stereocenters. The summed E-state index contributed by atoms with van der Waals surface area (Å²) >= 11 is 5.41. The SMILES string of the molecule is C=NC(=NC(Cl)=CC)OCC(F)(F)F. The normalized spacial score (nSPS) is 14.1. The van der Waals surface area contributed by atoms with Gasteiger partial charge >= 0.3 is 12.2 Å². The lowest BCUT2D eigenvalue weighted by Crippen LogP contribution is -2.19. The number of alkyl halides is 3. The predicted octanol–water partition coefficient (Wildman–Crippen LogP) is 2.72. The monoisotopic (exact) mass is 228 g/mol. The number of rotatable bonds is 2. The summed E-state index contributed by atoms with van der Waals surface area (Å²) in [7, 11) is 0. The molecule has 0 bridgehead atoms. The third-order valence-electron chi connectivity index (χ3n) is 0.941. The molecule has 80 valence electrons. The van der Waals surface area contributed by atoms with Gasteiger partial charge in [-0.25, -0.2) is 4.99 Å². The third-order valence-corrected chi connectivity index (χ3v) is 1.24. The summed E-state index contributed by atoms with van der Waals surface area (Å²) in [4.78, 5) is 6.54. The quantitative estimate of drug-likeness (QED) is 0.406. The average Bonchev–Trinajstić information content (AvgIpc) is 2.10. The van der Waals surface area contributed by atoms with Crippen LogP contribution in [0.5, 0.6) is 0 Å². The fraction of sp³-hybridized carbons (Fsp3) is 0.429. The molecular formula is C7H8ClF3N2O. The molecule has 14 heavy (non-hydrogen) atoms. The van der Waals surface area contributed by atoms with Crippen molar-refractivity contribution in [3.05, 3.63) is 11.2 Å². The van der Waals surface area contributed by atoms with Crippen LogP contribution in [0.25, 0.3) is 0 Å². The molecule has 0 amide bonds.